The number of hydrogen-bond donors (Lipinski definition) is 0. The van der Waals surface area contributed by atoms with Crippen molar-refractivity contribution in [2.45, 2.75) is 24.6 Å². The van der Waals surface area contributed by atoms with Crippen LogP contribution in [0.1, 0.15) is 12.0 Å². The van der Waals surface area contributed by atoms with Gasteiger partial charge in [-0.05, 0) is 24.5 Å². The number of hydrogen-bond acceptors (Lipinski definition) is 5. The zero-order valence-corrected chi connectivity index (χ0v) is 9.68. The van der Waals surface area contributed by atoms with Crippen LogP contribution in [-0.4, -0.2) is 28.9 Å². The number of aromatic nitrogens is 1. The van der Waals surface area contributed by atoms with Crippen molar-refractivity contribution in [2.24, 2.45) is 33.1 Å². The second-order valence-corrected chi connectivity index (χ2v) is 5.58. The largest absolute Gasteiger partial charge is 0.391 e. The van der Waals surface area contributed by atoms with Crippen molar-refractivity contribution in [3.8, 4) is 0 Å². The Labute approximate surface area is 104 Å². The zero-order chi connectivity index (χ0) is 11.7. The third-order valence-electron chi connectivity index (χ3n) is 4.91. The van der Waals surface area contributed by atoms with E-state index in [1.165, 1.54) is 6.42 Å². The number of pyridine rings is 1. The Balaban J connectivity index is 1.56. The molecule has 5 nitrogen and oxygen atoms in total. The smallest absolute Gasteiger partial charge is 0.141 e. The number of nitrogens with zero attached hydrogens (tertiary/aromatic N) is 4. The third kappa shape index (κ3) is 0.911. The van der Waals surface area contributed by atoms with Crippen molar-refractivity contribution < 1.29 is 4.84 Å². The number of rotatable bonds is 1. The Morgan fingerprint density at radius 2 is 1.83 bits per heavy atom. The van der Waals surface area contributed by atoms with Gasteiger partial charge in [-0.15, -0.1) is 0 Å². The van der Waals surface area contributed by atoms with Gasteiger partial charge in [0, 0.05) is 23.9 Å². The molecule has 0 spiro atoms. The fourth-order valence-electron chi connectivity index (χ4n) is 4.14. The fourth-order valence-corrected chi connectivity index (χ4v) is 4.14. The molecule has 2 unspecified atom stereocenters. The molecule has 0 radical (unpaired) electrons. The first-order valence-electron chi connectivity index (χ1n) is 6.47. The van der Waals surface area contributed by atoms with Gasteiger partial charge in [0.2, 0.25) is 0 Å². The molecule has 18 heavy (non-hydrogen) atoms. The second-order valence-electron chi connectivity index (χ2n) is 5.58. The minimum absolute atomic E-state index is 0.235. The lowest BCUT2D eigenvalue weighted by molar-refractivity contribution is 0.00785. The van der Waals surface area contributed by atoms with Crippen molar-refractivity contribution in [1.29, 1.82) is 0 Å². The van der Waals surface area contributed by atoms with Gasteiger partial charge in [0.05, 0.1) is 17.7 Å². The molecule has 0 saturated heterocycles. The molecule has 90 valence electrons. The van der Waals surface area contributed by atoms with Crippen molar-refractivity contribution in [2.75, 3.05) is 0 Å². The van der Waals surface area contributed by atoms with E-state index in [1.807, 2.05) is 24.5 Å². The van der Waals surface area contributed by atoms with E-state index in [-0.39, 0.29) is 6.10 Å². The Morgan fingerprint density at radius 3 is 2.61 bits per heavy atom. The average Bonchev–Trinajstić information content (AvgIpc) is 2.98. The van der Waals surface area contributed by atoms with E-state index in [4.69, 9.17) is 4.84 Å². The maximum absolute atomic E-state index is 5.70. The Bertz CT molecular complexity index is 570. The van der Waals surface area contributed by atoms with Gasteiger partial charge in [-0.25, -0.2) is 0 Å². The van der Waals surface area contributed by atoms with Crippen LogP contribution in [0.2, 0.25) is 0 Å². The highest BCUT2D eigenvalue weighted by Gasteiger charge is 2.65. The van der Waals surface area contributed by atoms with Gasteiger partial charge in [-0.2, -0.15) is 10.2 Å². The Morgan fingerprint density at radius 1 is 1.06 bits per heavy atom. The monoisotopic (exact) mass is 240 g/mol. The third-order valence-corrected chi connectivity index (χ3v) is 4.91. The van der Waals surface area contributed by atoms with Crippen LogP contribution in [-0.2, 0) is 4.84 Å². The van der Waals surface area contributed by atoms with Crippen LogP contribution < -0.4 is 0 Å². The van der Waals surface area contributed by atoms with Gasteiger partial charge in [-0.1, -0.05) is 5.16 Å². The quantitative estimate of drug-likeness (QED) is 0.749. The van der Waals surface area contributed by atoms with E-state index in [0.29, 0.717) is 29.8 Å². The summed E-state index contributed by atoms with van der Waals surface area (Å²) in [5, 5.41) is 12.9. The van der Waals surface area contributed by atoms with Crippen molar-refractivity contribution in [3.63, 3.8) is 0 Å². The van der Waals surface area contributed by atoms with Crippen LogP contribution in [0.15, 0.2) is 39.9 Å². The molecule has 3 heterocycles. The molecule has 2 aliphatic carbocycles. The molecule has 6 atom stereocenters. The van der Waals surface area contributed by atoms with Gasteiger partial charge >= 0.3 is 0 Å². The lowest BCUT2D eigenvalue weighted by atomic mass is 9.76. The first-order valence-corrected chi connectivity index (χ1v) is 6.47. The van der Waals surface area contributed by atoms with E-state index in [9.17, 15) is 0 Å². The van der Waals surface area contributed by atoms with E-state index >= 15 is 0 Å². The van der Waals surface area contributed by atoms with E-state index in [2.05, 4.69) is 20.4 Å². The van der Waals surface area contributed by atoms with Crippen LogP contribution in [0.3, 0.4) is 0 Å². The topological polar surface area (TPSA) is 59.2 Å². The lowest BCUT2D eigenvalue weighted by Gasteiger charge is -2.36. The van der Waals surface area contributed by atoms with E-state index < -0.39 is 0 Å². The van der Waals surface area contributed by atoms with Crippen LogP contribution in [0.4, 0.5) is 0 Å². The summed E-state index contributed by atoms with van der Waals surface area (Å²) < 4.78 is 0. The summed E-state index contributed by atoms with van der Waals surface area (Å²) in [5.41, 5.74) is 2.23. The molecular weight excluding hydrogens is 228 g/mol. The van der Waals surface area contributed by atoms with E-state index in [1.54, 1.807) is 0 Å². The molecule has 1 aromatic rings. The Hall–Kier alpha value is -1.78. The maximum atomic E-state index is 5.70. The molecule has 5 heteroatoms. The molecule has 1 aromatic heterocycles. The molecule has 4 aliphatic rings. The van der Waals surface area contributed by atoms with Gasteiger partial charge in [0.1, 0.15) is 12.1 Å². The molecule has 5 rings (SSSR count). The summed E-state index contributed by atoms with van der Waals surface area (Å²) >= 11 is 0. The van der Waals surface area contributed by atoms with E-state index in [0.717, 1.165) is 11.3 Å². The summed E-state index contributed by atoms with van der Waals surface area (Å²) in [5.74, 6) is 1.53. The molecule has 0 N–H and O–H groups in total. The van der Waals surface area contributed by atoms with Gasteiger partial charge in [0.15, 0.2) is 0 Å². The minimum atomic E-state index is 0.235. The van der Waals surface area contributed by atoms with Gasteiger partial charge < -0.3 is 4.84 Å². The van der Waals surface area contributed by atoms with Crippen LogP contribution >= 0.6 is 0 Å². The molecule has 0 aromatic carbocycles. The average molecular weight is 240 g/mol. The highest BCUT2D eigenvalue weighted by atomic mass is 16.6. The van der Waals surface area contributed by atoms with Crippen LogP contribution in [0.5, 0.6) is 0 Å². The van der Waals surface area contributed by atoms with Crippen molar-refractivity contribution >= 4 is 5.71 Å². The molecule has 2 saturated carbocycles. The molecule has 2 aliphatic heterocycles. The van der Waals surface area contributed by atoms with Crippen LogP contribution in [0.25, 0.3) is 0 Å². The number of fused-ring (bicyclic) bond motifs is 8. The first kappa shape index (κ1) is 9.19. The lowest BCUT2D eigenvalue weighted by Crippen LogP contribution is -2.47. The summed E-state index contributed by atoms with van der Waals surface area (Å²) in [6, 6.07) is 4.88. The number of oxime groups is 1. The number of azo groups is 1. The first-order chi connectivity index (χ1) is 8.93. The highest BCUT2D eigenvalue weighted by molar-refractivity contribution is 6.03. The predicted molar refractivity (Wildman–Crippen MR) is 63.2 cm³/mol. The Kier molecular flexibility index (Phi) is 1.51. The zero-order valence-electron chi connectivity index (χ0n) is 9.68. The fraction of sp³-hybridized carbons (Fsp3) is 0.538. The van der Waals surface area contributed by atoms with Gasteiger partial charge in [-0.3, -0.25) is 4.98 Å². The van der Waals surface area contributed by atoms with Crippen molar-refractivity contribution in [3.05, 3.63) is 30.1 Å². The summed E-state index contributed by atoms with van der Waals surface area (Å²) in [6.45, 7) is 0. The summed E-state index contributed by atoms with van der Waals surface area (Å²) in [7, 11) is 0. The summed E-state index contributed by atoms with van der Waals surface area (Å²) in [4.78, 5) is 9.76. The second kappa shape index (κ2) is 2.96. The standard InChI is InChI=1S/C13H12N4O/c1-3-14-4-2-6(1)10-9-7-5-8(13(9)18-17-10)12-11(7)15-16-12/h1-4,7-9,11-13H,5H2/t7-,8-,9?,11-,12+,13?/m0/s1. The predicted octanol–water partition coefficient (Wildman–Crippen LogP) is 1.65. The normalized spacial score (nSPS) is 46.1. The maximum Gasteiger partial charge on any atom is 0.141 e. The van der Waals surface area contributed by atoms with Crippen molar-refractivity contribution in [1.82, 2.24) is 4.98 Å². The van der Waals surface area contributed by atoms with Crippen LogP contribution in [0, 0.1) is 17.8 Å². The molecule has 0 amide bonds. The summed E-state index contributed by atoms with van der Waals surface area (Å²) in [6.07, 6.45) is 5.05. The molecule has 2 fully saturated rings. The minimum Gasteiger partial charge on any atom is -0.391 e. The van der Waals surface area contributed by atoms with Gasteiger partial charge in [0.25, 0.3) is 0 Å². The molecule has 2 bridgehead atoms. The SMILES string of the molecule is c1cc(C2=NOC3C2[C@@H]2C[C@H]3[C@H]3N=N[C@H]32)ccn1. The highest BCUT2D eigenvalue weighted by Crippen LogP contribution is 2.58. The molecular formula is C13H12N4O.